The highest BCUT2D eigenvalue weighted by Gasteiger charge is 2.13. The van der Waals surface area contributed by atoms with Gasteiger partial charge in [-0.2, -0.15) is 0 Å². The number of fused-ring (bicyclic) bond motifs is 1. The molecule has 7 heteroatoms. The van der Waals surface area contributed by atoms with E-state index in [2.05, 4.69) is 11.5 Å². The molecule has 0 spiro atoms. The molecule has 2 aromatic carbocycles. The van der Waals surface area contributed by atoms with E-state index in [1.165, 1.54) is 0 Å². The van der Waals surface area contributed by atoms with Gasteiger partial charge in [0.1, 0.15) is 11.5 Å². The van der Waals surface area contributed by atoms with Gasteiger partial charge in [-0.25, -0.2) is 9.78 Å². The van der Waals surface area contributed by atoms with E-state index in [9.17, 15) is 4.79 Å². The van der Waals surface area contributed by atoms with Crippen LogP contribution < -0.4 is 9.47 Å². The number of rotatable bonds is 9. The Morgan fingerprint density at radius 1 is 1.11 bits per heavy atom. The highest BCUT2D eigenvalue weighted by atomic mass is 32.2. The number of benzene rings is 2. The smallest absolute Gasteiger partial charge is 0.338 e. The van der Waals surface area contributed by atoms with Crippen LogP contribution in [0.15, 0.2) is 47.6 Å². The molecule has 0 atom stereocenters. The lowest BCUT2D eigenvalue weighted by molar-refractivity contribution is 0.0526. The maximum Gasteiger partial charge on any atom is 0.338 e. The zero-order valence-electron chi connectivity index (χ0n) is 16.3. The highest BCUT2D eigenvalue weighted by molar-refractivity contribution is 7.99. The summed E-state index contributed by atoms with van der Waals surface area (Å²) < 4.78 is 18.1. The number of hydrogen-bond acceptors (Lipinski definition) is 6. The predicted molar refractivity (Wildman–Crippen MR) is 111 cm³/mol. The minimum atomic E-state index is -0.322. The molecule has 1 heterocycles. The Bertz CT molecular complexity index is 937. The van der Waals surface area contributed by atoms with Crippen LogP contribution in [0, 0.1) is 0 Å². The first kappa shape index (κ1) is 20.1. The molecule has 0 unspecified atom stereocenters. The Labute approximate surface area is 168 Å². The molecular formula is C21H24N2O4S. The minimum Gasteiger partial charge on any atom is -0.497 e. The first-order chi connectivity index (χ1) is 13.7. The van der Waals surface area contributed by atoms with Crippen molar-refractivity contribution in [3.05, 3.63) is 48.0 Å². The molecule has 148 valence electrons. The summed E-state index contributed by atoms with van der Waals surface area (Å²) in [4.78, 5) is 16.6. The quantitative estimate of drug-likeness (QED) is 0.301. The van der Waals surface area contributed by atoms with Crippen LogP contribution in [0.4, 0.5) is 0 Å². The van der Waals surface area contributed by atoms with Crippen molar-refractivity contribution in [2.24, 2.45) is 0 Å². The SMILES string of the molecule is CCOC(=O)c1ccc2c(c1)nc(SCCOc1ccc(OC)cc1)n2CC. The van der Waals surface area contributed by atoms with Gasteiger partial charge < -0.3 is 18.8 Å². The number of thioether (sulfide) groups is 1. The van der Waals surface area contributed by atoms with Crippen LogP contribution in [-0.2, 0) is 11.3 Å². The molecule has 28 heavy (non-hydrogen) atoms. The Hall–Kier alpha value is -2.67. The fourth-order valence-corrected chi connectivity index (χ4v) is 3.72. The Balaban J connectivity index is 1.65. The minimum absolute atomic E-state index is 0.322. The average molecular weight is 401 g/mol. The van der Waals surface area contributed by atoms with Crippen molar-refractivity contribution in [1.82, 2.24) is 9.55 Å². The molecule has 0 aliphatic carbocycles. The van der Waals surface area contributed by atoms with E-state index >= 15 is 0 Å². The molecule has 0 bridgehead atoms. The van der Waals surface area contributed by atoms with Gasteiger partial charge >= 0.3 is 5.97 Å². The van der Waals surface area contributed by atoms with Crippen LogP contribution in [0.3, 0.4) is 0 Å². The summed E-state index contributed by atoms with van der Waals surface area (Å²) in [5.41, 5.74) is 2.33. The molecule has 3 rings (SSSR count). The third kappa shape index (κ3) is 4.59. The molecule has 0 aliphatic rings. The summed E-state index contributed by atoms with van der Waals surface area (Å²) >= 11 is 1.63. The first-order valence-electron chi connectivity index (χ1n) is 9.23. The zero-order valence-corrected chi connectivity index (χ0v) is 17.1. The Kier molecular flexibility index (Phi) is 6.81. The highest BCUT2D eigenvalue weighted by Crippen LogP contribution is 2.25. The summed E-state index contributed by atoms with van der Waals surface area (Å²) in [6.45, 7) is 5.60. The number of ether oxygens (including phenoxy) is 3. The molecule has 1 aromatic heterocycles. The van der Waals surface area contributed by atoms with Crippen molar-refractivity contribution in [3.63, 3.8) is 0 Å². The van der Waals surface area contributed by atoms with Gasteiger partial charge in [-0.1, -0.05) is 11.8 Å². The normalized spacial score (nSPS) is 10.8. The van der Waals surface area contributed by atoms with Crippen molar-refractivity contribution in [1.29, 1.82) is 0 Å². The zero-order chi connectivity index (χ0) is 19.9. The van der Waals surface area contributed by atoms with Crippen molar-refractivity contribution in [2.75, 3.05) is 26.1 Å². The van der Waals surface area contributed by atoms with Crippen LogP contribution in [0.2, 0.25) is 0 Å². The number of aromatic nitrogens is 2. The molecule has 0 fully saturated rings. The second-order valence-corrected chi connectivity index (χ2v) is 7.00. The maximum atomic E-state index is 11.9. The topological polar surface area (TPSA) is 62.6 Å². The van der Waals surface area contributed by atoms with Gasteiger partial charge in [0.05, 0.1) is 36.9 Å². The number of esters is 1. The predicted octanol–water partition coefficient (Wildman–Crippen LogP) is 4.41. The lowest BCUT2D eigenvalue weighted by Crippen LogP contribution is -2.04. The standard InChI is InChI=1S/C21H24N2O4S/c1-4-23-19-11-6-15(20(24)26-5-2)14-18(19)22-21(23)28-13-12-27-17-9-7-16(25-3)8-10-17/h6-11,14H,4-5,12-13H2,1-3H3. The molecule has 0 amide bonds. The van der Waals surface area contributed by atoms with Gasteiger partial charge in [-0.15, -0.1) is 0 Å². The fraction of sp³-hybridized carbons (Fsp3) is 0.333. The number of aryl methyl sites for hydroxylation is 1. The van der Waals surface area contributed by atoms with Crippen LogP contribution >= 0.6 is 11.8 Å². The average Bonchev–Trinajstić information content (AvgIpc) is 3.08. The van der Waals surface area contributed by atoms with E-state index < -0.39 is 0 Å². The van der Waals surface area contributed by atoms with Gasteiger partial charge in [0.2, 0.25) is 0 Å². The monoisotopic (exact) mass is 400 g/mol. The second-order valence-electron chi connectivity index (χ2n) is 5.94. The fourth-order valence-electron chi connectivity index (χ4n) is 2.83. The summed E-state index contributed by atoms with van der Waals surface area (Å²) in [5.74, 6) is 2.06. The van der Waals surface area contributed by atoms with E-state index in [0.29, 0.717) is 18.8 Å². The molecule has 3 aromatic rings. The van der Waals surface area contributed by atoms with Crippen LogP contribution in [0.5, 0.6) is 11.5 Å². The van der Waals surface area contributed by atoms with E-state index in [1.54, 1.807) is 37.9 Å². The molecule has 0 saturated carbocycles. The van der Waals surface area contributed by atoms with Gasteiger partial charge in [-0.05, 0) is 56.3 Å². The van der Waals surface area contributed by atoms with E-state index in [1.807, 2.05) is 30.3 Å². The molecule has 6 nitrogen and oxygen atoms in total. The van der Waals surface area contributed by atoms with Gasteiger partial charge in [0.15, 0.2) is 5.16 Å². The van der Waals surface area contributed by atoms with E-state index in [0.717, 1.165) is 40.0 Å². The number of hydrogen-bond donors (Lipinski definition) is 0. The largest absolute Gasteiger partial charge is 0.497 e. The lowest BCUT2D eigenvalue weighted by atomic mass is 10.2. The third-order valence-corrected chi connectivity index (χ3v) is 5.12. The number of carbonyl (C=O) groups excluding carboxylic acids is 1. The summed E-state index contributed by atoms with van der Waals surface area (Å²) in [5, 5.41) is 0.914. The number of nitrogens with zero attached hydrogens (tertiary/aromatic N) is 2. The second kappa shape index (κ2) is 9.50. The molecule has 0 saturated heterocycles. The summed E-state index contributed by atoms with van der Waals surface area (Å²) in [6, 6.07) is 13.0. The molecular weight excluding hydrogens is 376 g/mol. The summed E-state index contributed by atoms with van der Waals surface area (Å²) in [7, 11) is 1.64. The number of imidazole rings is 1. The first-order valence-corrected chi connectivity index (χ1v) is 10.2. The number of methoxy groups -OCH3 is 1. The van der Waals surface area contributed by atoms with Crippen molar-refractivity contribution in [3.8, 4) is 11.5 Å². The van der Waals surface area contributed by atoms with Crippen LogP contribution in [0.1, 0.15) is 24.2 Å². The molecule has 0 radical (unpaired) electrons. The lowest BCUT2D eigenvalue weighted by Gasteiger charge is -2.08. The summed E-state index contributed by atoms with van der Waals surface area (Å²) in [6.07, 6.45) is 0. The van der Waals surface area contributed by atoms with Crippen LogP contribution in [0.25, 0.3) is 11.0 Å². The molecule has 0 N–H and O–H groups in total. The van der Waals surface area contributed by atoms with Crippen LogP contribution in [-0.4, -0.2) is 41.6 Å². The third-order valence-electron chi connectivity index (χ3n) is 4.18. The van der Waals surface area contributed by atoms with E-state index in [-0.39, 0.29) is 5.97 Å². The Morgan fingerprint density at radius 3 is 2.54 bits per heavy atom. The van der Waals surface area contributed by atoms with Crippen molar-refractivity contribution in [2.45, 2.75) is 25.5 Å². The van der Waals surface area contributed by atoms with Gasteiger partial charge in [-0.3, -0.25) is 0 Å². The number of carbonyl (C=O) groups is 1. The van der Waals surface area contributed by atoms with Crippen molar-refractivity contribution >= 4 is 28.8 Å². The molecule has 0 aliphatic heterocycles. The Morgan fingerprint density at radius 2 is 1.86 bits per heavy atom. The van der Waals surface area contributed by atoms with Gasteiger partial charge in [0, 0.05) is 12.3 Å². The van der Waals surface area contributed by atoms with E-state index in [4.69, 9.17) is 19.2 Å². The van der Waals surface area contributed by atoms with Crippen molar-refractivity contribution < 1.29 is 19.0 Å². The maximum absolute atomic E-state index is 11.9. The van der Waals surface area contributed by atoms with Gasteiger partial charge in [0.25, 0.3) is 0 Å².